The van der Waals surface area contributed by atoms with Gasteiger partial charge in [0.25, 0.3) is 5.91 Å². The number of ether oxygens (including phenoxy) is 3. The fraction of sp³-hybridized carbons (Fsp3) is 0.316. The number of methoxy groups -OCH3 is 2. The summed E-state index contributed by atoms with van der Waals surface area (Å²) >= 11 is 1.39. The Labute approximate surface area is 161 Å². The number of hydrogen-bond donors (Lipinski definition) is 1. The summed E-state index contributed by atoms with van der Waals surface area (Å²) < 4.78 is 15.2. The number of rotatable bonds is 10. The van der Waals surface area contributed by atoms with Crippen molar-refractivity contribution in [1.29, 1.82) is 0 Å². The number of benzene rings is 1. The number of carbonyl (C=O) groups is 3. The molecule has 1 aromatic carbocycles. The summed E-state index contributed by atoms with van der Waals surface area (Å²) in [5.74, 6) is -0.0462. The average Bonchev–Trinajstić information content (AvgIpc) is 3.23. The highest BCUT2D eigenvalue weighted by molar-refractivity contribution is 7.12. The maximum Gasteiger partial charge on any atom is 0.325 e. The predicted molar refractivity (Wildman–Crippen MR) is 101 cm³/mol. The van der Waals surface area contributed by atoms with E-state index < -0.39 is 11.9 Å². The monoisotopic (exact) mass is 391 g/mol. The van der Waals surface area contributed by atoms with Crippen LogP contribution in [-0.4, -0.2) is 45.0 Å². The fourth-order valence-corrected chi connectivity index (χ4v) is 2.92. The minimum Gasteiger partial charge on any atom is -0.497 e. The highest BCUT2D eigenvalue weighted by Crippen LogP contribution is 2.22. The van der Waals surface area contributed by atoms with Crippen LogP contribution in [0.2, 0.25) is 0 Å². The van der Waals surface area contributed by atoms with Gasteiger partial charge in [0.2, 0.25) is 0 Å². The van der Waals surface area contributed by atoms with E-state index in [4.69, 9.17) is 14.2 Å². The molecule has 0 radical (unpaired) electrons. The van der Waals surface area contributed by atoms with E-state index in [2.05, 4.69) is 5.32 Å². The maximum atomic E-state index is 12.2. The molecule has 1 aromatic heterocycles. The van der Waals surface area contributed by atoms with Crippen molar-refractivity contribution in [1.82, 2.24) is 5.32 Å². The topological polar surface area (TPSA) is 90.9 Å². The lowest BCUT2D eigenvalue weighted by Gasteiger charge is -2.09. The van der Waals surface area contributed by atoms with E-state index in [1.54, 1.807) is 24.3 Å². The van der Waals surface area contributed by atoms with Crippen molar-refractivity contribution in [3.8, 4) is 11.5 Å². The molecule has 1 heterocycles. The third-order valence-electron chi connectivity index (χ3n) is 3.61. The predicted octanol–water partition coefficient (Wildman–Crippen LogP) is 2.70. The van der Waals surface area contributed by atoms with Gasteiger partial charge in [-0.15, -0.1) is 11.3 Å². The molecule has 0 fully saturated rings. The van der Waals surface area contributed by atoms with E-state index in [-0.39, 0.29) is 18.9 Å². The van der Waals surface area contributed by atoms with Gasteiger partial charge < -0.3 is 19.5 Å². The first-order valence-electron chi connectivity index (χ1n) is 8.27. The summed E-state index contributed by atoms with van der Waals surface area (Å²) in [6.45, 7) is -0.143. The Morgan fingerprint density at radius 3 is 2.37 bits per heavy atom. The van der Waals surface area contributed by atoms with Crippen LogP contribution in [-0.2, 0) is 9.53 Å². The van der Waals surface area contributed by atoms with Crippen LogP contribution in [0, 0.1) is 0 Å². The van der Waals surface area contributed by atoms with Crippen molar-refractivity contribution in [3.05, 3.63) is 46.2 Å². The van der Waals surface area contributed by atoms with Gasteiger partial charge in [0, 0.05) is 18.1 Å². The zero-order chi connectivity index (χ0) is 19.6. The molecule has 8 heteroatoms. The van der Waals surface area contributed by atoms with E-state index in [1.807, 2.05) is 11.4 Å². The molecule has 7 nitrogen and oxygen atoms in total. The van der Waals surface area contributed by atoms with Gasteiger partial charge >= 0.3 is 5.97 Å². The number of Topliss-reactive ketones (excluding diaryl/α,β-unsaturated/α-hetero) is 1. The number of ketones is 1. The van der Waals surface area contributed by atoms with Crippen LogP contribution in [0.3, 0.4) is 0 Å². The van der Waals surface area contributed by atoms with Gasteiger partial charge in [0.05, 0.1) is 25.7 Å². The number of carbonyl (C=O) groups excluding carboxylic acids is 3. The van der Waals surface area contributed by atoms with Gasteiger partial charge in [-0.05, 0) is 30.0 Å². The molecule has 1 amide bonds. The summed E-state index contributed by atoms with van der Waals surface area (Å²) in [5.41, 5.74) is 0.306. The van der Waals surface area contributed by atoms with Crippen molar-refractivity contribution in [3.63, 3.8) is 0 Å². The first-order chi connectivity index (χ1) is 13.0. The largest absolute Gasteiger partial charge is 0.497 e. The molecular formula is C19H21NO6S. The molecule has 0 aliphatic rings. The summed E-state index contributed by atoms with van der Waals surface area (Å²) in [6.07, 6.45) is 0.743. The lowest BCUT2D eigenvalue weighted by atomic mass is 10.2. The van der Waals surface area contributed by atoms with Crippen LogP contribution in [0.15, 0.2) is 35.7 Å². The van der Waals surface area contributed by atoms with Crippen LogP contribution in [0.25, 0.3) is 0 Å². The summed E-state index contributed by atoms with van der Waals surface area (Å²) in [6, 6.07) is 8.31. The molecule has 2 aromatic rings. The van der Waals surface area contributed by atoms with Crippen molar-refractivity contribution in [2.75, 3.05) is 27.4 Å². The lowest BCUT2D eigenvalue weighted by Crippen LogP contribution is -2.30. The minimum absolute atomic E-state index is 0.0290. The molecule has 144 valence electrons. The SMILES string of the molecule is COc1cc(OC)cc(C(=O)NCC(=O)OCCCC(=O)c2cccs2)c1. The van der Waals surface area contributed by atoms with Gasteiger partial charge in [-0.2, -0.15) is 0 Å². The molecular weight excluding hydrogens is 370 g/mol. The second kappa shape index (κ2) is 10.3. The van der Waals surface area contributed by atoms with E-state index in [0.29, 0.717) is 34.8 Å². The average molecular weight is 391 g/mol. The molecule has 27 heavy (non-hydrogen) atoms. The summed E-state index contributed by atoms with van der Waals surface area (Å²) in [4.78, 5) is 36.4. The van der Waals surface area contributed by atoms with Crippen LogP contribution in [0.4, 0.5) is 0 Å². The van der Waals surface area contributed by atoms with E-state index in [1.165, 1.54) is 25.6 Å². The molecule has 0 spiro atoms. The van der Waals surface area contributed by atoms with Crippen molar-refractivity contribution < 1.29 is 28.6 Å². The minimum atomic E-state index is -0.568. The van der Waals surface area contributed by atoms with Gasteiger partial charge in [-0.25, -0.2) is 0 Å². The van der Waals surface area contributed by atoms with E-state index >= 15 is 0 Å². The highest BCUT2D eigenvalue weighted by Gasteiger charge is 2.12. The maximum absolute atomic E-state index is 12.2. The molecule has 0 unspecified atom stereocenters. The van der Waals surface area contributed by atoms with Gasteiger partial charge in [0.15, 0.2) is 5.78 Å². The zero-order valence-electron chi connectivity index (χ0n) is 15.2. The third-order valence-corrected chi connectivity index (χ3v) is 4.53. The molecule has 2 rings (SSSR count). The van der Waals surface area contributed by atoms with Crippen LogP contribution in [0.1, 0.15) is 32.9 Å². The standard InChI is InChI=1S/C19H21NO6S/c1-24-14-9-13(10-15(11-14)25-2)19(23)20-12-18(22)26-7-3-5-16(21)17-6-4-8-27-17/h4,6,8-11H,3,5,7,12H2,1-2H3,(H,20,23). The molecule has 0 saturated heterocycles. The Bertz CT molecular complexity index is 765. The lowest BCUT2D eigenvalue weighted by molar-refractivity contribution is -0.142. The quantitative estimate of drug-likeness (QED) is 0.380. The van der Waals surface area contributed by atoms with Crippen LogP contribution in [0.5, 0.6) is 11.5 Å². The molecule has 0 saturated carbocycles. The number of amides is 1. The van der Waals surface area contributed by atoms with Crippen molar-refractivity contribution in [2.24, 2.45) is 0 Å². The highest BCUT2D eigenvalue weighted by atomic mass is 32.1. The van der Waals surface area contributed by atoms with Gasteiger partial charge in [0.1, 0.15) is 18.0 Å². The molecule has 0 atom stereocenters. The summed E-state index contributed by atoms with van der Waals surface area (Å²) in [7, 11) is 2.97. The van der Waals surface area contributed by atoms with E-state index in [9.17, 15) is 14.4 Å². The van der Waals surface area contributed by atoms with Crippen molar-refractivity contribution in [2.45, 2.75) is 12.8 Å². The molecule has 1 N–H and O–H groups in total. The molecule has 0 aliphatic carbocycles. The van der Waals surface area contributed by atoms with Crippen molar-refractivity contribution >= 4 is 29.0 Å². The zero-order valence-corrected chi connectivity index (χ0v) is 16.0. The first-order valence-corrected chi connectivity index (χ1v) is 9.15. The second-order valence-electron chi connectivity index (χ2n) is 5.51. The third kappa shape index (κ3) is 6.41. The Morgan fingerprint density at radius 1 is 1.07 bits per heavy atom. The number of nitrogens with one attached hydrogen (secondary N) is 1. The normalized spacial score (nSPS) is 10.1. The number of esters is 1. The van der Waals surface area contributed by atoms with Crippen LogP contribution < -0.4 is 14.8 Å². The Morgan fingerprint density at radius 2 is 1.78 bits per heavy atom. The number of thiophene rings is 1. The smallest absolute Gasteiger partial charge is 0.325 e. The van der Waals surface area contributed by atoms with E-state index in [0.717, 1.165) is 0 Å². The summed E-state index contributed by atoms with van der Waals surface area (Å²) in [5, 5.41) is 4.32. The second-order valence-corrected chi connectivity index (χ2v) is 6.46. The Hall–Kier alpha value is -2.87. The van der Waals surface area contributed by atoms with Crippen LogP contribution >= 0.6 is 11.3 Å². The Balaban J connectivity index is 1.72. The molecule has 0 bridgehead atoms. The van der Waals surface area contributed by atoms with Gasteiger partial charge in [-0.3, -0.25) is 14.4 Å². The molecule has 0 aliphatic heterocycles. The Kier molecular flexibility index (Phi) is 7.81. The first kappa shape index (κ1) is 20.4. The van der Waals surface area contributed by atoms with Gasteiger partial charge in [-0.1, -0.05) is 6.07 Å². The fourth-order valence-electron chi connectivity index (χ4n) is 2.22. The number of hydrogen-bond acceptors (Lipinski definition) is 7.